The lowest BCUT2D eigenvalue weighted by Gasteiger charge is -2.04. The topological polar surface area (TPSA) is 62.7 Å². The minimum absolute atomic E-state index is 0.0291. The van der Waals surface area contributed by atoms with E-state index in [-0.39, 0.29) is 5.91 Å². The van der Waals surface area contributed by atoms with Crippen molar-refractivity contribution in [3.05, 3.63) is 22.6 Å². The van der Waals surface area contributed by atoms with E-state index in [1.54, 1.807) is 6.20 Å². The number of carbonyl (C=O) groups excluding carboxylic acids is 1. The van der Waals surface area contributed by atoms with Crippen molar-refractivity contribution in [1.82, 2.24) is 19.9 Å². The quantitative estimate of drug-likeness (QED) is 0.829. The second-order valence-electron chi connectivity index (χ2n) is 4.11. The zero-order chi connectivity index (χ0) is 13.1. The lowest BCUT2D eigenvalue weighted by atomic mass is 10.3. The molecule has 18 heavy (non-hydrogen) atoms. The summed E-state index contributed by atoms with van der Waals surface area (Å²) in [5.74, 6) is 0.0291. The zero-order valence-electron chi connectivity index (χ0n) is 10.5. The van der Waals surface area contributed by atoms with Gasteiger partial charge >= 0.3 is 0 Å². The SMILES string of the molecule is CCNC(=O)CCn1c(=S)[nH]c2c(C)ccnc21. The Hall–Kier alpha value is -1.69. The number of nitrogens with one attached hydrogen (secondary N) is 2. The number of aryl methyl sites for hydroxylation is 2. The minimum atomic E-state index is 0.0291. The third-order valence-corrected chi connectivity index (χ3v) is 3.13. The maximum Gasteiger partial charge on any atom is 0.221 e. The van der Waals surface area contributed by atoms with Crippen molar-refractivity contribution in [3.8, 4) is 0 Å². The maximum atomic E-state index is 11.5. The third-order valence-electron chi connectivity index (χ3n) is 2.81. The van der Waals surface area contributed by atoms with Crippen molar-refractivity contribution in [2.24, 2.45) is 0 Å². The highest BCUT2D eigenvalue weighted by Crippen LogP contribution is 2.15. The van der Waals surface area contributed by atoms with Crippen molar-refractivity contribution in [2.75, 3.05) is 6.54 Å². The largest absolute Gasteiger partial charge is 0.356 e. The van der Waals surface area contributed by atoms with Gasteiger partial charge < -0.3 is 14.9 Å². The van der Waals surface area contributed by atoms with Gasteiger partial charge in [0.05, 0.1) is 5.52 Å². The Morgan fingerprint density at radius 2 is 2.39 bits per heavy atom. The predicted octanol–water partition coefficient (Wildman–Crippen LogP) is 1.93. The highest BCUT2D eigenvalue weighted by atomic mass is 32.1. The van der Waals surface area contributed by atoms with Crippen LogP contribution in [0.15, 0.2) is 12.3 Å². The fourth-order valence-corrected chi connectivity index (χ4v) is 2.16. The molecule has 2 N–H and O–H groups in total. The summed E-state index contributed by atoms with van der Waals surface area (Å²) in [6, 6.07) is 1.93. The molecule has 5 nitrogen and oxygen atoms in total. The van der Waals surface area contributed by atoms with Crippen LogP contribution in [0.25, 0.3) is 11.2 Å². The van der Waals surface area contributed by atoms with Gasteiger partial charge in [0.1, 0.15) is 0 Å². The van der Waals surface area contributed by atoms with Gasteiger partial charge in [0, 0.05) is 25.7 Å². The Morgan fingerprint density at radius 3 is 3.11 bits per heavy atom. The van der Waals surface area contributed by atoms with Gasteiger partial charge in [0.15, 0.2) is 10.4 Å². The molecule has 2 aromatic heterocycles. The van der Waals surface area contributed by atoms with Crippen LogP contribution in [-0.2, 0) is 11.3 Å². The molecule has 0 aliphatic rings. The molecule has 1 amide bonds. The molecule has 0 spiro atoms. The first kappa shape index (κ1) is 12.8. The van der Waals surface area contributed by atoms with Gasteiger partial charge in [0.25, 0.3) is 0 Å². The van der Waals surface area contributed by atoms with Crippen molar-refractivity contribution in [2.45, 2.75) is 26.8 Å². The van der Waals surface area contributed by atoms with E-state index < -0.39 is 0 Å². The van der Waals surface area contributed by atoms with E-state index >= 15 is 0 Å². The van der Waals surface area contributed by atoms with Crippen LogP contribution in [0.4, 0.5) is 0 Å². The lowest BCUT2D eigenvalue weighted by Crippen LogP contribution is -2.23. The van der Waals surface area contributed by atoms with Crippen LogP contribution in [0, 0.1) is 11.7 Å². The highest BCUT2D eigenvalue weighted by molar-refractivity contribution is 7.71. The highest BCUT2D eigenvalue weighted by Gasteiger charge is 2.08. The Balaban J connectivity index is 2.28. The van der Waals surface area contributed by atoms with Gasteiger partial charge in [-0.05, 0) is 37.7 Å². The van der Waals surface area contributed by atoms with E-state index in [9.17, 15) is 4.79 Å². The molecule has 6 heteroatoms. The summed E-state index contributed by atoms with van der Waals surface area (Å²) >= 11 is 5.26. The number of fused-ring (bicyclic) bond motifs is 1. The summed E-state index contributed by atoms with van der Waals surface area (Å²) in [6.45, 7) is 5.10. The zero-order valence-corrected chi connectivity index (χ0v) is 11.3. The van der Waals surface area contributed by atoms with E-state index in [0.29, 0.717) is 24.3 Å². The molecule has 0 aliphatic heterocycles. The number of pyridine rings is 1. The maximum absolute atomic E-state index is 11.5. The molecule has 0 fully saturated rings. The number of H-pyrrole nitrogens is 1. The number of rotatable bonds is 4. The number of amides is 1. The van der Waals surface area contributed by atoms with E-state index in [1.165, 1.54) is 0 Å². The van der Waals surface area contributed by atoms with Gasteiger partial charge in [-0.1, -0.05) is 0 Å². The first-order chi connectivity index (χ1) is 8.63. The van der Waals surface area contributed by atoms with E-state index in [2.05, 4.69) is 15.3 Å². The molecule has 0 aliphatic carbocycles. The van der Waals surface area contributed by atoms with Gasteiger partial charge in [-0.25, -0.2) is 4.98 Å². The Kier molecular flexibility index (Phi) is 3.76. The third kappa shape index (κ3) is 2.43. The summed E-state index contributed by atoms with van der Waals surface area (Å²) < 4.78 is 2.48. The van der Waals surface area contributed by atoms with Crippen LogP contribution < -0.4 is 5.32 Å². The molecule has 2 aromatic rings. The summed E-state index contributed by atoms with van der Waals surface area (Å²) in [7, 11) is 0. The van der Waals surface area contributed by atoms with E-state index in [4.69, 9.17) is 12.2 Å². The van der Waals surface area contributed by atoms with Gasteiger partial charge in [-0.15, -0.1) is 0 Å². The number of carbonyl (C=O) groups is 1. The molecular formula is C12H16N4OS. The summed E-state index contributed by atoms with van der Waals surface area (Å²) in [5, 5.41) is 2.77. The Labute approximate surface area is 110 Å². The van der Waals surface area contributed by atoms with Crippen LogP contribution >= 0.6 is 12.2 Å². The van der Waals surface area contributed by atoms with Crippen molar-refractivity contribution < 1.29 is 4.79 Å². The van der Waals surface area contributed by atoms with Gasteiger partial charge in [-0.2, -0.15) is 0 Å². The van der Waals surface area contributed by atoms with Crippen LogP contribution in [0.3, 0.4) is 0 Å². The first-order valence-electron chi connectivity index (χ1n) is 5.94. The summed E-state index contributed by atoms with van der Waals surface area (Å²) in [4.78, 5) is 18.9. The minimum Gasteiger partial charge on any atom is -0.356 e. The normalized spacial score (nSPS) is 10.8. The fraction of sp³-hybridized carbons (Fsp3) is 0.417. The average Bonchev–Trinajstić information content (AvgIpc) is 2.65. The number of aromatic nitrogens is 3. The summed E-state index contributed by atoms with van der Waals surface area (Å²) in [5.41, 5.74) is 2.85. The molecule has 0 bridgehead atoms. The number of hydrogen-bond donors (Lipinski definition) is 2. The van der Waals surface area contributed by atoms with Crippen LogP contribution in [0.2, 0.25) is 0 Å². The smallest absolute Gasteiger partial charge is 0.221 e. The van der Waals surface area contributed by atoms with Crippen molar-refractivity contribution in [3.63, 3.8) is 0 Å². The lowest BCUT2D eigenvalue weighted by molar-refractivity contribution is -0.121. The van der Waals surface area contributed by atoms with Crippen molar-refractivity contribution in [1.29, 1.82) is 0 Å². The molecule has 0 radical (unpaired) electrons. The molecule has 0 atom stereocenters. The molecule has 0 saturated carbocycles. The number of aromatic amines is 1. The second-order valence-corrected chi connectivity index (χ2v) is 4.50. The second kappa shape index (κ2) is 5.30. The molecule has 0 aromatic carbocycles. The Morgan fingerprint density at radius 1 is 1.61 bits per heavy atom. The van der Waals surface area contributed by atoms with Crippen molar-refractivity contribution >= 4 is 29.3 Å². The number of hydrogen-bond acceptors (Lipinski definition) is 3. The average molecular weight is 264 g/mol. The number of nitrogens with zero attached hydrogens (tertiary/aromatic N) is 2. The summed E-state index contributed by atoms with van der Waals surface area (Å²) in [6.07, 6.45) is 2.16. The van der Waals surface area contributed by atoms with Gasteiger partial charge in [-0.3, -0.25) is 4.79 Å². The molecule has 0 saturated heterocycles. The molecule has 0 unspecified atom stereocenters. The molecule has 2 rings (SSSR count). The van der Waals surface area contributed by atoms with Crippen LogP contribution in [-0.4, -0.2) is 27.0 Å². The predicted molar refractivity (Wildman–Crippen MR) is 73.0 cm³/mol. The Bertz CT molecular complexity index is 629. The monoisotopic (exact) mass is 264 g/mol. The molecular weight excluding hydrogens is 248 g/mol. The fourth-order valence-electron chi connectivity index (χ4n) is 1.88. The number of imidazole rings is 1. The van der Waals surface area contributed by atoms with Crippen LogP contribution in [0.5, 0.6) is 0 Å². The standard InChI is InChI=1S/C12H16N4OS/c1-3-13-9(17)5-7-16-11-10(15-12(16)18)8(2)4-6-14-11/h4,6H,3,5,7H2,1-2H3,(H,13,17)(H,15,18). The van der Waals surface area contributed by atoms with Gasteiger partial charge in [0.2, 0.25) is 5.91 Å². The first-order valence-corrected chi connectivity index (χ1v) is 6.35. The van der Waals surface area contributed by atoms with E-state index in [0.717, 1.165) is 16.7 Å². The molecule has 2 heterocycles. The molecule has 96 valence electrons. The van der Waals surface area contributed by atoms with Crippen LogP contribution in [0.1, 0.15) is 18.9 Å². The van der Waals surface area contributed by atoms with E-state index in [1.807, 2.05) is 24.5 Å².